The van der Waals surface area contributed by atoms with Crippen LogP contribution in [0.4, 0.5) is 5.82 Å². The highest BCUT2D eigenvalue weighted by atomic mass is 35.5. The van der Waals surface area contributed by atoms with Gasteiger partial charge in [-0.15, -0.1) is 10.2 Å². The van der Waals surface area contributed by atoms with Crippen LogP contribution in [0.15, 0.2) is 24.3 Å². The number of benzene rings is 1. The Kier molecular flexibility index (Phi) is 2.44. The Hall–Kier alpha value is -1.39. The van der Waals surface area contributed by atoms with Crippen LogP contribution in [0.3, 0.4) is 0 Å². The van der Waals surface area contributed by atoms with Crippen LogP contribution < -0.4 is 4.90 Å². The number of fused-ring (bicyclic) bond motifs is 3. The second-order valence-electron chi connectivity index (χ2n) is 5.50. The Bertz CT molecular complexity index is 642. The van der Waals surface area contributed by atoms with Gasteiger partial charge in [-0.2, -0.15) is 0 Å². The van der Waals surface area contributed by atoms with E-state index in [0.717, 1.165) is 29.7 Å². The van der Waals surface area contributed by atoms with Crippen molar-refractivity contribution in [3.05, 3.63) is 29.4 Å². The number of hydrogen-bond acceptors (Lipinski definition) is 4. The van der Waals surface area contributed by atoms with Gasteiger partial charge < -0.3 is 4.90 Å². The first kappa shape index (κ1) is 11.4. The van der Waals surface area contributed by atoms with Crippen LogP contribution in [0, 0.1) is 0 Å². The smallest absolute Gasteiger partial charge is 0.159 e. The molecule has 2 bridgehead atoms. The van der Waals surface area contributed by atoms with E-state index in [-0.39, 0.29) is 0 Å². The van der Waals surface area contributed by atoms with Gasteiger partial charge in [0.05, 0.1) is 0 Å². The van der Waals surface area contributed by atoms with Gasteiger partial charge in [0.25, 0.3) is 0 Å². The zero-order valence-corrected chi connectivity index (χ0v) is 11.5. The van der Waals surface area contributed by atoms with Crippen LogP contribution in [0.2, 0.25) is 5.15 Å². The maximum atomic E-state index is 6.14. The molecule has 0 radical (unpaired) electrons. The van der Waals surface area contributed by atoms with Crippen molar-refractivity contribution in [3.63, 3.8) is 0 Å². The van der Waals surface area contributed by atoms with E-state index in [4.69, 9.17) is 11.6 Å². The normalized spacial score (nSPS) is 26.5. The third-order valence-corrected chi connectivity index (χ3v) is 4.69. The van der Waals surface area contributed by atoms with Crippen LogP contribution in [0.5, 0.6) is 0 Å². The molecule has 1 aromatic carbocycles. The van der Waals surface area contributed by atoms with Crippen LogP contribution in [-0.4, -0.2) is 47.3 Å². The van der Waals surface area contributed by atoms with E-state index in [9.17, 15) is 0 Å². The number of anilines is 1. The summed E-state index contributed by atoms with van der Waals surface area (Å²) in [6.45, 7) is 2.16. The van der Waals surface area contributed by atoms with Gasteiger partial charge in [-0.3, -0.25) is 4.90 Å². The maximum Gasteiger partial charge on any atom is 0.159 e. The number of hydrogen-bond donors (Lipinski definition) is 0. The van der Waals surface area contributed by atoms with Crippen molar-refractivity contribution >= 4 is 28.2 Å². The van der Waals surface area contributed by atoms with Gasteiger partial charge in [0.1, 0.15) is 0 Å². The summed E-state index contributed by atoms with van der Waals surface area (Å²) in [4.78, 5) is 4.84. The molecule has 2 fully saturated rings. The minimum Gasteiger partial charge on any atom is -0.349 e. The number of halogens is 1. The molecule has 98 valence electrons. The summed E-state index contributed by atoms with van der Waals surface area (Å²) in [6.07, 6.45) is 1.23. The van der Waals surface area contributed by atoms with Gasteiger partial charge >= 0.3 is 0 Å². The third kappa shape index (κ3) is 1.63. The molecule has 4 rings (SSSR count). The molecule has 0 aliphatic carbocycles. The van der Waals surface area contributed by atoms with Crippen LogP contribution in [0.25, 0.3) is 10.8 Å². The standard InChI is InChI=1S/C14H15ClN4/c1-18-7-10-6-9(18)8-19(10)14-12-5-3-2-4-11(12)13(15)16-17-14/h2-5,9-10H,6-8H2,1H3/t9-,10-/m1/s1. The maximum absolute atomic E-state index is 6.14. The second-order valence-corrected chi connectivity index (χ2v) is 5.85. The molecule has 0 spiro atoms. The van der Waals surface area contributed by atoms with E-state index >= 15 is 0 Å². The van der Waals surface area contributed by atoms with Gasteiger partial charge in [-0.25, -0.2) is 0 Å². The zero-order chi connectivity index (χ0) is 13.0. The molecular weight excluding hydrogens is 260 g/mol. The molecule has 3 heterocycles. The van der Waals surface area contributed by atoms with Crippen molar-refractivity contribution < 1.29 is 0 Å². The first-order valence-corrected chi connectivity index (χ1v) is 6.99. The molecule has 2 aliphatic rings. The summed E-state index contributed by atoms with van der Waals surface area (Å²) in [7, 11) is 2.20. The molecule has 2 aliphatic heterocycles. The number of piperazine rings is 1. The predicted molar refractivity (Wildman–Crippen MR) is 76.7 cm³/mol. The Morgan fingerprint density at radius 2 is 1.89 bits per heavy atom. The number of likely N-dealkylation sites (N-methyl/N-ethyl adjacent to an activating group) is 1. The van der Waals surface area contributed by atoms with Gasteiger partial charge in [-0.05, 0) is 13.5 Å². The first-order chi connectivity index (χ1) is 9.24. The molecule has 19 heavy (non-hydrogen) atoms. The number of aromatic nitrogens is 2. The van der Waals surface area contributed by atoms with Gasteiger partial charge in [0, 0.05) is 35.9 Å². The van der Waals surface area contributed by atoms with Crippen molar-refractivity contribution in [1.29, 1.82) is 0 Å². The van der Waals surface area contributed by atoms with Crippen LogP contribution >= 0.6 is 11.6 Å². The summed E-state index contributed by atoms with van der Waals surface area (Å²) >= 11 is 6.14. The van der Waals surface area contributed by atoms with Crippen molar-refractivity contribution in [2.45, 2.75) is 18.5 Å². The number of rotatable bonds is 1. The monoisotopic (exact) mass is 274 g/mol. The first-order valence-electron chi connectivity index (χ1n) is 6.62. The zero-order valence-electron chi connectivity index (χ0n) is 10.8. The molecule has 0 unspecified atom stereocenters. The van der Waals surface area contributed by atoms with Gasteiger partial charge in [0.2, 0.25) is 0 Å². The highest BCUT2D eigenvalue weighted by Gasteiger charge is 2.42. The minimum atomic E-state index is 0.487. The predicted octanol–water partition coefficient (Wildman–Crippen LogP) is 2.18. The Labute approximate surface area is 117 Å². The molecule has 4 nitrogen and oxygen atoms in total. The molecule has 2 aromatic rings. The minimum absolute atomic E-state index is 0.487. The molecular formula is C14H15ClN4. The molecule has 1 aromatic heterocycles. The van der Waals surface area contributed by atoms with E-state index < -0.39 is 0 Å². The number of nitrogens with zero attached hydrogens (tertiary/aromatic N) is 4. The average molecular weight is 275 g/mol. The highest BCUT2D eigenvalue weighted by Crippen LogP contribution is 2.36. The van der Waals surface area contributed by atoms with Crippen molar-refractivity contribution in [1.82, 2.24) is 15.1 Å². The SMILES string of the molecule is CN1C[C@H]2C[C@@H]1CN2c1nnc(Cl)c2ccccc12. The van der Waals surface area contributed by atoms with E-state index in [2.05, 4.69) is 33.1 Å². The second kappa shape index (κ2) is 4.05. The van der Waals surface area contributed by atoms with Crippen LogP contribution in [0.1, 0.15) is 6.42 Å². The Morgan fingerprint density at radius 1 is 1.11 bits per heavy atom. The summed E-state index contributed by atoms with van der Waals surface area (Å²) in [5, 5.41) is 11.1. The quantitative estimate of drug-likeness (QED) is 0.798. The summed E-state index contributed by atoms with van der Waals surface area (Å²) < 4.78 is 0. The van der Waals surface area contributed by atoms with Crippen molar-refractivity contribution in [3.8, 4) is 0 Å². The lowest BCUT2D eigenvalue weighted by molar-refractivity contribution is 0.292. The molecule has 2 saturated heterocycles. The highest BCUT2D eigenvalue weighted by molar-refractivity contribution is 6.34. The lowest BCUT2D eigenvalue weighted by atomic mass is 10.1. The summed E-state index contributed by atoms with van der Waals surface area (Å²) in [6, 6.07) is 9.33. The summed E-state index contributed by atoms with van der Waals surface area (Å²) in [5.74, 6) is 0.987. The fraction of sp³-hybridized carbons (Fsp3) is 0.429. The average Bonchev–Trinajstić information content (AvgIpc) is 2.98. The largest absolute Gasteiger partial charge is 0.349 e. The van der Waals surface area contributed by atoms with Crippen molar-refractivity contribution in [2.75, 3.05) is 25.0 Å². The van der Waals surface area contributed by atoms with Crippen LogP contribution in [-0.2, 0) is 0 Å². The lowest BCUT2D eigenvalue weighted by Gasteiger charge is -2.33. The lowest BCUT2D eigenvalue weighted by Crippen LogP contribution is -2.45. The van der Waals surface area contributed by atoms with E-state index in [0.29, 0.717) is 17.2 Å². The topological polar surface area (TPSA) is 32.3 Å². The van der Waals surface area contributed by atoms with Gasteiger partial charge in [-0.1, -0.05) is 35.9 Å². The Morgan fingerprint density at radius 3 is 2.58 bits per heavy atom. The molecule has 0 saturated carbocycles. The van der Waals surface area contributed by atoms with E-state index in [1.165, 1.54) is 6.42 Å². The molecule has 0 amide bonds. The molecule has 2 atom stereocenters. The third-order valence-electron chi connectivity index (χ3n) is 4.41. The fourth-order valence-electron chi connectivity index (χ4n) is 3.39. The van der Waals surface area contributed by atoms with E-state index in [1.807, 2.05) is 18.2 Å². The summed E-state index contributed by atoms with van der Waals surface area (Å²) in [5.41, 5.74) is 0. The van der Waals surface area contributed by atoms with Gasteiger partial charge in [0.15, 0.2) is 11.0 Å². The molecule has 0 N–H and O–H groups in total. The number of likely N-dealkylation sites (tertiary alicyclic amines) is 1. The fourth-order valence-corrected chi connectivity index (χ4v) is 3.60. The molecule has 5 heteroatoms. The van der Waals surface area contributed by atoms with Crippen molar-refractivity contribution in [2.24, 2.45) is 0 Å². The Balaban J connectivity index is 1.83. The van der Waals surface area contributed by atoms with E-state index in [1.54, 1.807) is 0 Å².